The molecule has 1 N–H and O–H groups in total. The number of halogens is 2. The summed E-state index contributed by atoms with van der Waals surface area (Å²) in [6.07, 6.45) is -1.31. The van der Waals surface area contributed by atoms with Crippen LogP contribution >= 0.6 is 0 Å². The van der Waals surface area contributed by atoms with Gasteiger partial charge in [-0.1, -0.05) is 0 Å². The van der Waals surface area contributed by atoms with E-state index in [1.807, 2.05) is 0 Å². The van der Waals surface area contributed by atoms with Gasteiger partial charge in [-0.3, -0.25) is 9.59 Å². The van der Waals surface area contributed by atoms with Gasteiger partial charge in [-0.25, -0.2) is 13.6 Å². The van der Waals surface area contributed by atoms with Gasteiger partial charge in [0.05, 0.1) is 24.3 Å². The molecule has 0 saturated carbocycles. The standard InChI is InChI=1S/C12H8F2N2O4/c13-5-1-7(14)9-8(2-5)16(11(18)10(9)17)4-6-3-15-12(19)20-6/h1-2,6H,3-4H2,(H,15,19). The number of carbonyl (C=O) groups is 3. The van der Waals surface area contributed by atoms with Crippen LogP contribution in [0.5, 0.6) is 0 Å². The maximum atomic E-state index is 13.6. The largest absolute Gasteiger partial charge is 0.442 e. The molecule has 104 valence electrons. The number of hydrogen-bond donors (Lipinski definition) is 1. The number of carbonyl (C=O) groups excluding carboxylic acids is 3. The number of rotatable bonds is 2. The van der Waals surface area contributed by atoms with Crippen molar-refractivity contribution in [3.8, 4) is 0 Å². The summed E-state index contributed by atoms with van der Waals surface area (Å²) in [7, 11) is 0. The Balaban J connectivity index is 1.95. The van der Waals surface area contributed by atoms with Crippen molar-refractivity contribution in [1.29, 1.82) is 0 Å². The minimum absolute atomic E-state index is 0.138. The number of fused-ring (bicyclic) bond motifs is 1. The first-order chi connectivity index (χ1) is 9.47. The SMILES string of the molecule is O=C1NCC(CN2C(=O)C(=O)c3c(F)cc(F)cc32)O1. The molecule has 1 fully saturated rings. The first-order valence-electron chi connectivity index (χ1n) is 5.77. The highest BCUT2D eigenvalue weighted by Gasteiger charge is 2.41. The first kappa shape index (κ1) is 12.5. The molecule has 8 heteroatoms. The van der Waals surface area contributed by atoms with Crippen molar-refractivity contribution >= 4 is 23.5 Å². The quantitative estimate of drug-likeness (QED) is 0.806. The van der Waals surface area contributed by atoms with Gasteiger partial charge in [0.2, 0.25) is 0 Å². The van der Waals surface area contributed by atoms with Crippen LogP contribution in [0.1, 0.15) is 10.4 Å². The second-order valence-electron chi connectivity index (χ2n) is 4.43. The van der Waals surface area contributed by atoms with Crippen LogP contribution in [0, 0.1) is 11.6 Å². The monoisotopic (exact) mass is 282 g/mol. The predicted octanol–water partition coefficient (Wildman–Crippen LogP) is 0.602. The molecule has 1 aromatic carbocycles. The zero-order valence-corrected chi connectivity index (χ0v) is 9.98. The highest BCUT2D eigenvalue weighted by molar-refractivity contribution is 6.52. The summed E-state index contributed by atoms with van der Waals surface area (Å²) in [5, 5.41) is 2.38. The molecule has 2 amide bonds. The van der Waals surface area contributed by atoms with E-state index in [0.29, 0.717) is 6.07 Å². The summed E-state index contributed by atoms with van der Waals surface area (Å²) in [6.45, 7) is 0.0170. The second kappa shape index (κ2) is 4.26. The molecule has 20 heavy (non-hydrogen) atoms. The number of nitrogens with one attached hydrogen (secondary N) is 1. The smallest absolute Gasteiger partial charge is 0.407 e. The Hall–Kier alpha value is -2.51. The Morgan fingerprint density at radius 2 is 2.05 bits per heavy atom. The van der Waals surface area contributed by atoms with Crippen LogP contribution in [0.4, 0.5) is 19.3 Å². The van der Waals surface area contributed by atoms with Gasteiger partial charge < -0.3 is 15.0 Å². The zero-order chi connectivity index (χ0) is 14.4. The molecule has 1 unspecified atom stereocenters. The van der Waals surface area contributed by atoms with Crippen LogP contribution in [-0.4, -0.2) is 37.0 Å². The van der Waals surface area contributed by atoms with Gasteiger partial charge in [-0.2, -0.15) is 0 Å². The fourth-order valence-corrected chi connectivity index (χ4v) is 2.26. The number of cyclic esters (lactones) is 1. The highest BCUT2D eigenvalue weighted by Crippen LogP contribution is 2.32. The van der Waals surface area contributed by atoms with E-state index in [9.17, 15) is 23.2 Å². The summed E-state index contributed by atoms with van der Waals surface area (Å²) < 4.78 is 31.7. The van der Waals surface area contributed by atoms with E-state index in [4.69, 9.17) is 4.74 Å². The zero-order valence-electron chi connectivity index (χ0n) is 9.98. The fourth-order valence-electron chi connectivity index (χ4n) is 2.26. The minimum Gasteiger partial charge on any atom is -0.442 e. The Labute approximate surface area is 111 Å². The number of anilines is 1. The van der Waals surface area contributed by atoms with Crippen molar-refractivity contribution in [2.24, 2.45) is 0 Å². The van der Waals surface area contributed by atoms with Crippen molar-refractivity contribution in [3.63, 3.8) is 0 Å². The van der Waals surface area contributed by atoms with Gasteiger partial charge in [0.1, 0.15) is 17.7 Å². The van der Waals surface area contributed by atoms with E-state index in [1.165, 1.54) is 0 Å². The fraction of sp³-hybridized carbons (Fsp3) is 0.250. The Morgan fingerprint density at radius 1 is 1.30 bits per heavy atom. The Morgan fingerprint density at radius 3 is 2.70 bits per heavy atom. The molecular weight excluding hydrogens is 274 g/mol. The van der Waals surface area contributed by atoms with Crippen LogP contribution in [0.15, 0.2) is 12.1 Å². The molecule has 1 atom stereocenters. The lowest BCUT2D eigenvalue weighted by Crippen LogP contribution is -2.38. The molecule has 0 aliphatic carbocycles. The topological polar surface area (TPSA) is 75.7 Å². The average Bonchev–Trinajstić information content (AvgIpc) is 2.87. The number of nitrogens with zero attached hydrogens (tertiary/aromatic N) is 1. The second-order valence-corrected chi connectivity index (χ2v) is 4.43. The summed E-state index contributed by atoms with van der Waals surface area (Å²) in [4.78, 5) is 35.4. The molecule has 6 nitrogen and oxygen atoms in total. The first-order valence-corrected chi connectivity index (χ1v) is 5.77. The number of Topliss-reactive ketones (excluding diaryl/α,β-unsaturated/α-hetero) is 1. The third-order valence-electron chi connectivity index (χ3n) is 3.13. The maximum Gasteiger partial charge on any atom is 0.407 e. The predicted molar refractivity (Wildman–Crippen MR) is 61.3 cm³/mol. The number of hydrogen-bond acceptors (Lipinski definition) is 4. The molecule has 0 spiro atoms. The molecule has 2 heterocycles. The molecule has 3 rings (SSSR count). The lowest BCUT2D eigenvalue weighted by atomic mass is 10.1. The van der Waals surface area contributed by atoms with Crippen LogP contribution < -0.4 is 10.2 Å². The lowest BCUT2D eigenvalue weighted by Gasteiger charge is -2.19. The minimum atomic E-state index is -1.08. The van der Waals surface area contributed by atoms with Crippen molar-refractivity contribution in [2.75, 3.05) is 18.0 Å². The molecule has 0 bridgehead atoms. The number of alkyl carbamates (subject to hydrolysis) is 1. The third kappa shape index (κ3) is 1.80. The van der Waals surface area contributed by atoms with Crippen molar-refractivity contribution in [3.05, 3.63) is 29.3 Å². The number of amides is 2. The van der Waals surface area contributed by atoms with E-state index in [2.05, 4.69) is 5.32 Å². The number of ether oxygens (including phenoxy) is 1. The Bertz CT molecular complexity index is 647. The van der Waals surface area contributed by atoms with Gasteiger partial charge >= 0.3 is 6.09 Å². The van der Waals surface area contributed by atoms with Crippen molar-refractivity contribution < 1.29 is 27.9 Å². The number of benzene rings is 1. The molecule has 2 aliphatic rings. The summed E-state index contributed by atoms with van der Waals surface area (Å²) in [6, 6.07) is 1.45. The third-order valence-corrected chi connectivity index (χ3v) is 3.13. The number of ketones is 1. The summed E-state index contributed by atoms with van der Waals surface area (Å²) >= 11 is 0. The average molecular weight is 282 g/mol. The maximum absolute atomic E-state index is 13.6. The molecular formula is C12H8F2N2O4. The normalized spacial score (nSPS) is 21.0. The van der Waals surface area contributed by atoms with Crippen LogP contribution in [0.2, 0.25) is 0 Å². The highest BCUT2D eigenvalue weighted by atomic mass is 19.1. The van der Waals surface area contributed by atoms with Crippen LogP contribution in [-0.2, 0) is 9.53 Å². The van der Waals surface area contributed by atoms with Gasteiger partial charge in [-0.15, -0.1) is 0 Å². The molecule has 0 aromatic heterocycles. The van der Waals surface area contributed by atoms with Gasteiger partial charge in [0.25, 0.3) is 11.7 Å². The van der Waals surface area contributed by atoms with Crippen LogP contribution in [0.3, 0.4) is 0 Å². The van der Waals surface area contributed by atoms with Crippen molar-refractivity contribution in [2.45, 2.75) is 6.10 Å². The van der Waals surface area contributed by atoms with E-state index in [1.54, 1.807) is 0 Å². The van der Waals surface area contributed by atoms with E-state index in [-0.39, 0.29) is 18.8 Å². The molecule has 1 aromatic rings. The summed E-state index contributed by atoms with van der Waals surface area (Å²) in [5.41, 5.74) is -0.589. The van der Waals surface area contributed by atoms with E-state index < -0.39 is 41.1 Å². The summed E-state index contributed by atoms with van der Waals surface area (Å²) in [5.74, 6) is -3.97. The Kier molecular flexibility index (Phi) is 2.66. The van der Waals surface area contributed by atoms with E-state index in [0.717, 1.165) is 11.0 Å². The van der Waals surface area contributed by atoms with Gasteiger partial charge in [-0.05, 0) is 6.07 Å². The molecule has 2 aliphatic heterocycles. The molecule has 0 radical (unpaired) electrons. The van der Waals surface area contributed by atoms with Gasteiger partial charge in [0, 0.05) is 6.07 Å². The van der Waals surface area contributed by atoms with Gasteiger partial charge in [0.15, 0.2) is 0 Å². The van der Waals surface area contributed by atoms with Crippen LogP contribution in [0.25, 0.3) is 0 Å². The van der Waals surface area contributed by atoms with Crippen molar-refractivity contribution in [1.82, 2.24) is 5.32 Å². The molecule has 1 saturated heterocycles. The lowest BCUT2D eigenvalue weighted by molar-refractivity contribution is -0.114. The van der Waals surface area contributed by atoms with E-state index >= 15 is 0 Å².